The summed E-state index contributed by atoms with van der Waals surface area (Å²) in [5, 5.41) is 12.3. The standard InChI is InChI=1S/C15H20BrN3O/c16-12-2-1-11(10-17)15(9-12)19-7-8-20-14-5-3-13(18)4-6-14/h1-2,9,13-14,19H,3-8,18H2. The third-order valence-electron chi connectivity index (χ3n) is 3.59. The molecule has 1 aliphatic carbocycles. The van der Waals surface area contributed by atoms with Gasteiger partial charge >= 0.3 is 0 Å². The maximum atomic E-state index is 9.05. The Hall–Kier alpha value is -1.09. The molecule has 0 spiro atoms. The second kappa shape index (κ2) is 7.63. The van der Waals surface area contributed by atoms with Gasteiger partial charge in [0.1, 0.15) is 6.07 Å². The molecule has 0 radical (unpaired) electrons. The normalized spacial score (nSPS) is 22.2. The smallest absolute Gasteiger partial charge is 0.101 e. The topological polar surface area (TPSA) is 71.1 Å². The van der Waals surface area contributed by atoms with Crippen LogP contribution in [0.2, 0.25) is 0 Å². The number of hydrogen-bond acceptors (Lipinski definition) is 4. The van der Waals surface area contributed by atoms with Crippen molar-refractivity contribution in [3.05, 3.63) is 28.2 Å². The number of nitrogens with two attached hydrogens (primary N) is 1. The molecule has 3 N–H and O–H groups in total. The van der Waals surface area contributed by atoms with E-state index in [1.54, 1.807) is 6.07 Å². The molecule has 0 saturated heterocycles. The molecule has 108 valence electrons. The van der Waals surface area contributed by atoms with Crippen molar-refractivity contribution in [2.75, 3.05) is 18.5 Å². The third kappa shape index (κ3) is 4.48. The molecule has 0 amide bonds. The number of rotatable bonds is 5. The Morgan fingerprint density at radius 2 is 2.10 bits per heavy atom. The Bertz CT molecular complexity index is 478. The van der Waals surface area contributed by atoms with Crippen LogP contribution >= 0.6 is 15.9 Å². The van der Waals surface area contributed by atoms with Gasteiger partial charge in [0.05, 0.1) is 24.0 Å². The lowest BCUT2D eigenvalue weighted by Gasteiger charge is -2.26. The zero-order chi connectivity index (χ0) is 14.4. The van der Waals surface area contributed by atoms with Crippen molar-refractivity contribution in [2.45, 2.75) is 37.8 Å². The molecular formula is C15H20BrN3O. The first kappa shape index (κ1) is 15.3. The summed E-state index contributed by atoms with van der Waals surface area (Å²) in [4.78, 5) is 0. The van der Waals surface area contributed by atoms with E-state index in [-0.39, 0.29) is 0 Å². The number of ether oxygens (including phenoxy) is 1. The minimum atomic E-state index is 0.342. The Kier molecular flexibility index (Phi) is 5.84. The lowest BCUT2D eigenvalue weighted by atomic mass is 9.94. The highest BCUT2D eigenvalue weighted by molar-refractivity contribution is 9.10. The first-order valence-electron chi connectivity index (χ1n) is 6.99. The van der Waals surface area contributed by atoms with E-state index in [1.165, 1.54) is 0 Å². The maximum absolute atomic E-state index is 9.05. The van der Waals surface area contributed by atoms with Crippen LogP contribution in [0.25, 0.3) is 0 Å². The maximum Gasteiger partial charge on any atom is 0.101 e. The van der Waals surface area contributed by atoms with Gasteiger partial charge in [0.2, 0.25) is 0 Å². The van der Waals surface area contributed by atoms with E-state index in [0.29, 0.717) is 30.9 Å². The van der Waals surface area contributed by atoms with Gasteiger partial charge in [-0.25, -0.2) is 0 Å². The Morgan fingerprint density at radius 3 is 2.80 bits per heavy atom. The van der Waals surface area contributed by atoms with Crippen LogP contribution in [0.15, 0.2) is 22.7 Å². The summed E-state index contributed by atoms with van der Waals surface area (Å²) in [5.74, 6) is 0. The number of anilines is 1. The predicted molar refractivity (Wildman–Crippen MR) is 83.5 cm³/mol. The largest absolute Gasteiger partial charge is 0.382 e. The SMILES string of the molecule is N#Cc1ccc(Br)cc1NCCOC1CCC(N)CC1. The van der Waals surface area contributed by atoms with Gasteiger partial charge in [-0.05, 0) is 43.9 Å². The molecule has 0 atom stereocenters. The van der Waals surface area contributed by atoms with Crippen LogP contribution in [0.4, 0.5) is 5.69 Å². The van der Waals surface area contributed by atoms with Crippen LogP contribution in [0.3, 0.4) is 0 Å². The average Bonchev–Trinajstić information content (AvgIpc) is 2.46. The van der Waals surface area contributed by atoms with Crippen LogP contribution in [0.5, 0.6) is 0 Å². The van der Waals surface area contributed by atoms with Crippen LogP contribution in [-0.4, -0.2) is 25.3 Å². The minimum Gasteiger partial charge on any atom is -0.382 e. The molecule has 1 saturated carbocycles. The summed E-state index contributed by atoms with van der Waals surface area (Å²) in [7, 11) is 0. The van der Waals surface area contributed by atoms with Crippen LogP contribution in [-0.2, 0) is 4.74 Å². The van der Waals surface area contributed by atoms with Crippen molar-refractivity contribution in [1.82, 2.24) is 0 Å². The van der Waals surface area contributed by atoms with E-state index in [4.69, 9.17) is 15.7 Å². The molecule has 0 aromatic heterocycles. The average molecular weight is 338 g/mol. The van der Waals surface area contributed by atoms with E-state index in [1.807, 2.05) is 12.1 Å². The first-order valence-corrected chi connectivity index (χ1v) is 7.79. The van der Waals surface area contributed by atoms with Crippen LogP contribution in [0.1, 0.15) is 31.2 Å². The van der Waals surface area contributed by atoms with Gasteiger partial charge in [-0.3, -0.25) is 0 Å². The molecule has 0 heterocycles. The zero-order valence-electron chi connectivity index (χ0n) is 11.4. The molecule has 20 heavy (non-hydrogen) atoms. The summed E-state index contributed by atoms with van der Waals surface area (Å²) < 4.78 is 6.80. The van der Waals surface area contributed by atoms with Crippen molar-refractivity contribution >= 4 is 21.6 Å². The lowest BCUT2D eigenvalue weighted by Crippen LogP contribution is -2.31. The number of hydrogen-bond donors (Lipinski definition) is 2. The van der Waals surface area contributed by atoms with Crippen LogP contribution < -0.4 is 11.1 Å². The van der Waals surface area contributed by atoms with Crippen LogP contribution in [0, 0.1) is 11.3 Å². The van der Waals surface area contributed by atoms with Gasteiger partial charge in [-0.2, -0.15) is 5.26 Å². The highest BCUT2D eigenvalue weighted by Crippen LogP contribution is 2.21. The van der Waals surface area contributed by atoms with Crippen molar-refractivity contribution in [1.29, 1.82) is 5.26 Å². The van der Waals surface area contributed by atoms with Gasteiger partial charge < -0.3 is 15.8 Å². The molecule has 2 rings (SSSR count). The summed E-state index contributed by atoms with van der Waals surface area (Å²) in [6, 6.07) is 8.12. The number of halogens is 1. The van der Waals surface area contributed by atoms with Gasteiger partial charge in [-0.1, -0.05) is 15.9 Å². The van der Waals surface area contributed by atoms with Crippen molar-refractivity contribution in [3.8, 4) is 6.07 Å². The molecule has 1 aliphatic rings. The minimum absolute atomic E-state index is 0.342. The molecule has 1 fully saturated rings. The fourth-order valence-electron chi connectivity index (χ4n) is 2.43. The van der Waals surface area contributed by atoms with E-state index in [0.717, 1.165) is 35.8 Å². The molecule has 0 unspecified atom stereocenters. The number of nitrogens with one attached hydrogen (secondary N) is 1. The van der Waals surface area contributed by atoms with E-state index in [9.17, 15) is 0 Å². The van der Waals surface area contributed by atoms with Crippen molar-refractivity contribution in [2.24, 2.45) is 5.73 Å². The zero-order valence-corrected chi connectivity index (χ0v) is 13.0. The summed E-state index contributed by atoms with van der Waals surface area (Å²) in [6.45, 7) is 1.35. The summed E-state index contributed by atoms with van der Waals surface area (Å²) in [5.41, 5.74) is 7.36. The summed E-state index contributed by atoms with van der Waals surface area (Å²) >= 11 is 3.41. The van der Waals surface area contributed by atoms with E-state index >= 15 is 0 Å². The second-order valence-corrected chi connectivity index (χ2v) is 6.05. The predicted octanol–water partition coefficient (Wildman–Crippen LogP) is 3.02. The highest BCUT2D eigenvalue weighted by Gasteiger charge is 2.18. The molecule has 0 bridgehead atoms. The fourth-order valence-corrected chi connectivity index (χ4v) is 2.79. The molecule has 5 heteroatoms. The fraction of sp³-hybridized carbons (Fsp3) is 0.533. The van der Waals surface area contributed by atoms with Crippen molar-refractivity contribution in [3.63, 3.8) is 0 Å². The molecular weight excluding hydrogens is 318 g/mol. The lowest BCUT2D eigenvalue weighted by molar-refractivity contribution is 0.0313. The number of nitriles is 1. The van der Waals surface area contributed by atoms with Gasteiger partial charge in [0.25, 0.3) is 0 Å². The number of nitrogens with zero attached hydrogens (tertiary/aromatic N) is 1. The van der Waals surface area contributed by atoms with Gasteiger partial charge in [0, 0.05) is 17.1 Å². The third-order valence-corrected chi connectivity index (χ3v) is 4.09. The summed E-state index contributed by atoms with van der Waals surface area (Å²) in [6.07, 6.45) is 4.57. The van der Waals surface area contributed by atoms with Crippen molar-refractivity contribution < 1.29 is 4.74 Å². The van der Waals surface area contributed by atoms with E-state index < -0.39 is 0 Å². The quantitative estimate of drug-likeness (QED) is 0.810. The number of benzene rings is 1. The monoisotopic (exact) mass is 337 g/mol. The first-order chi connectivity index (χ1) is 9.69. The molecule has 1 aromatic carbocycles. The molecule has 0 aliphatic heterocycles. The Morgan fingerprint density at radius 1 is 1.35 bits per heavy atom. The second-order valence-electron chi connectivity index (χ2n) is 5.14. The van der Waals surface area contributed by atoms with Gasteiger partial charge in [0.15, 0.2) is 0 Å². The molecule has 1 aromatic rings. The molecule has 4 nitrogen and oxygen atoms in total. The van der Waals surface area contributed by atoms with E-state index in [2.05, 4.69) is 27.3 Å². The Labute approximate surface area is 128 Å². The van der Waals surface area contributed by atoms with Gasteiger partial charge in [-0.15, -0.1) is 0 Å². The highest BCUT2D eigenvalue weighted by atomic mass is 79.9. The Balaban J connectivity index is 1.73.